The van der Waals surface area contributed by atoms with Crippen molar-refractivity contribution < 1.29 is 23.4 Å². The van der Waals surface area contributed by atoms with Crippen molar-refractivity contribution >= 4 is 5.91 Å². The molecule has 1 amide bonds. The second kappa shape index (κ2) is 10.5. The highest BCUT2D eigenvalue weighted by Crippen LogP contribution is 2.28. The van der Waals surface area contributed by atoms with E-state index in [0.29, 0.717) is 61.1 Å². The number of nitrogens with zero attached hydrogens (tertiary/aromatic N) is 2. The van der Waals surface area contributed by atoms with Gasteiger partial charge in [0.05, 0.1) is 34.1 Å². The first-order valence-corrected chi connectivity index (χ1v) is 11.1. The zero-order valence-corrected chi connectivity index (χ0v) is 19.6. The first-order chi connectivity index (χ1) is 16.5. The van der Waals surface area contributed by atoms with Crippen LogP contribution in [0.5, 0.6) is 17.2 Å². The number of aromatic nitrogens is 1. The molecule has 3 aromatic rings. The number of carbonyl (C=O) groups excluding carboxylic acids is 1. The molecule has 0 radical (unpaired) electrons. The van der Waals surface area contributed by atoms with Crippen molar-refractivity contribution in [3.63, 3.8) is 0 Å². The smallest absolute Gasteiger partial charge is 0.257 e. The van der Waals surface area contributed by atoms with Crippen molar-refractivity contribution in [3.8, 4) is 17.2 Å². The molecule has 4 rings (SSSR count). The first kappa shape index (κ1) is 23.4. The predicted octanol–water partition coefficient (Wildman–Crippen LogP) is 2.46. The number of pyridine rings is 1. The number of furan rings is 1. The molecule has 0 saturated heterocycles. The predicted molar refractivity (Wildman–Crippen MR) is 126 cm³/mol. The van der Waals surface area contributed by atoms with Gasteiger partial charge in [0.2, 0.25) is 0 Å². The van der Waals surface area contributed by atoms with Crippen molar-refractivity contribution in [2.45, 2.75) is 26.1 Å². The fourth-order valence-electron chi connectivity index (χ4n) is 4.26. The van der Waals surface area contributed by atoms with Gasteiger partial charge in [-0.15, -0.1) is 0 Å². The molecule has 1 aliphatic heterocycles. The molecular weight excluding hydrogens is 438 g/mol. The number of ether oxygens (including phenoxy) is 3. The van der Waals surface area contributed by atoms with Crippen molar-refractivity contribution in [1.29, 1.82) is 0 Å². The van der Waals surface area contributed by atoms with E-state index in [9.17, 15) is 9.59 Å². The van der Waals surface area contributed by atoms with Gasteiger partial charge in [-0.05, 0) is 29.8 Å². The van der Waals surface area contributed by atoms with E-state index >= 15 is 0 Å². The molecule has 0 spiro atoms. The van der Waals surface area contributed by atoms with E-state index in [1.54, 1.807) is 37.2 Å². The SMILES string of the molecule is COc1ccc(CN2CCc3c(C(=O)NCc4ccco4)c(OC)cc(=O)n3CC2)cc1OC. The Kier molecular flexibility index (Phi) is 7.22. The summed E-state index contributed by atoms with van der Waals surface area (Å²) in [7, 11) is 4.69. The minimum absolute atomic E-state index is 0.178. The van der Waals surface area contributed by atoms with Gasteiger partial charge >= 0.3 is 0 Å². The first-order valence-electron chi connectivity index (χ1n) is 11.1. The Morgan fingerprint density at radius 2 is 1.79 bits per heavy atom. The number of hydrogen-bond donors (Lipinski definition) is 1. The minimum Gasteiger partial charge on any atom is -0.496 e. The summed E-state index contributed by atoms with van der Waals surface area (Å²) in [6.07, 6.45) is 2.09. The van der Waals surface area contributed by atoms with E-state index in [4.69, 9.17) is 18.6 Å². The van der Waals surface area contributed by atoms with Gasteiger partial charge in [-0.3, -0.25) is 14.5 Å². The topological polar surface area (TPSA) is 95.2 Å². The molecule has 34 heavy (non-hydrogen) atoms. The fourth-order valence-corrected chi connectivity index (χ4v) is 4.26. The van der Waals surface area contributed by atoms with Crippen LogP contribution in [0.15, 0.2) is 51.9 Å². The van der Waals surface area contributed by atoms with Crippen LogP contribution in [0.25, 0.3) is 0 Å². The molecule has 2 aromatic heterocycles. The molecule has 1 aliphatic rings. The highest BCUT2D eigenvalue weighted by molar-refractivity contribution is 5.98. The molecule has 180 valence electrons. The van der Waals surface area contributed by atoms with Crippen LogP contribution in [-0.2, 0) is 26.1 Å². The standard InChI is InChI=1S/C25H29N3O6/c1-31-20-7-6-17(13-21(20)32-2)16-27-9-8-19-24(25(30)26-15-18-5-4-12-34-18)22(33-3)14-23(29)28(19)11-10-27/h4-7,12-14H,8-11,15-16H2,1-3H3,(H,26,30). The molecule has 0 bridgehead atoms. The van der Waals surface area contributed by atoms with Gasteiger partial charge in [0, 0.05) is 44.4 Å². The largest absolute Gasteiger partial charge is 0.496 e. The third-order valence-corrected chi connectivity index (χ3v) is 5.99. The van der Waals surface area contributed by atoms with Crippen LogP contribution in [0.4, 0.5) is 0 Å². The quantitative estimate of drug-likeness (QED) is 0.544. The maximum Gasteiger partial charge on any atom is 0.257 e. The molecular formula is C25H29N3O6. The lowest BCUT2D eigenvalue weighted by Gasteiger charge is -2.20. The Morgan fingerprint density at radius 1 is 1.00 bits per heavy atom. The van der Waals surface area contributed by atoms with E-state index in [1.807, 2.05) is 18.2 Å². The molecule has 9 heteroatoms. The number of benzene rings is 1. The normalized spacial score (nSPS) is 13.6. The number of rotatable bonds is 8. The Labute approximate surface area is 197 Å². The van der Waals surface area contributed by atoms with Gasteiger partial charge in [0.15, 0.2) is 11.5 Å². The summed E-state index contributed by atoms with van der Waals surface area (Å²) < 4.78 is 23.2. The van der Waals surface area contributed by atoms with Gasteiger partial charge in [0.1, 0.15) is 17.1 Å². The molecule has 0 saturated carbocycles. The minimum atomic E-state index is -0.301. The molecule has 9 nitrogen and oxygen atoms in total. The highest BCUT2D eigenvalue weighted by Gasteiger charge is 2.25. The highest BCUT2D eigenvalue weighted by atomic mass is 16.5. The van der Waals surface area contributed by atoms with E-state index in [0.717, 1.165) is 5.56 Å². The summed E-state index contributed by atoms with van der Waals surface area (Å²) >= 11 is 0. The van der Waals surface area contributed by atoms with Crippen LogP contribution in [0, 0.1) is 0 Å². The molecule has 0 unspecified atom stereocenters. The lowest BCUT2D eigenvalue weighted by Crippen LogP contribution is -2.31. The van der Waals surface area contributed by atoms with Crippen molar-refractivity contribution in [3.05, 3.63) is 75.6 Å². The zero-order chi connectivity index (χ0) is 24.1. The van der Waals surface area contributed by atoms with Gasteiger partial charge in [-0.25, -0.2) is 0 Å². The van der Waals surface area contributed by atoms with Crippen LogP contribution in [0.3, 0.4) is 0 Å². The van der Waals surface area contributed by atoms with E-state index in [1.165, 1.54) is 13.2 Å². The molecule has 0 aliphatic carbocycles. The third kappa shape index (κ3) is 4.94. The number of hydrogen-bond acceptors (Lipinski definition) is 7. The van der Waals surface area contributed by atoms with Gasteiger partial charge in [-0.2, -0.15) is 0 Å². The maximum atomic E-state index is 13.1. The van der Waals surface area contributed by atoms with E-state index < -0.39 is 0 Å². The van der Waals surface area contributed by atoms with Crippen LogP contribution in [0.2, 0.25) is 0 Å². The zero-order valence-electron chi connectivity index (χ0n) is 19.6. The second-order valence-electron chi connectivity index (χ2n) is 8.00. The van der Waals surface area contributed by atoms with Crippen LogP contribution in [0.1, 0.15) is 27.4 Å². The third-order valence-electron chi connectivity index (χ3n) is 5.99. The molecule has 1 N–H and O–H groups in total. The summed E-state index contributed by atoms with van der Waals surface area (Å²) in [5.74, 6) is 1.98. The van der Waals surface area contributed by atoms with Crippen molar-refractivity contribution in [2.75, 3.05) is 34.4 Å². The summed E-state index contributed by atoms with van der Waals surface area (Å²) in [4.78, 5) is 28.2. The second-order valence-corrected chi connectivity index (χ2v) is 8.00. The lowest BCUT2D eigenvalue weighted by molar-refractivity contribution is 0.0942. The van der Waals surface area contributed by atoms with E-state index in [-0.39, 0.29) is 23.8 Å². The summed E-state index contributed by atoms with van der Waals surface area (Å²) in [5.41, 5.74) is 1.96. The fraction of sp³-hybridized carbons (Fsp3) is 0.360. The average molecular weight is 468 g/mol. The Balaban J connectivity index is 1.55. The van der Waals surface area contributed by atoms with Crippen LogP contribution >= 0.6 is 0 Å². The van der Waals surface area contributed by atoms with E-state index in [2.05, 4.69) is 10.2 Å². The lowest BCUT2D eigenvalue weighted by atomic mass is 10.1. The summed E-state index contributed by atoms with van der Waals surface area (Å²) in [6, 6.07) is 10.8. The number of carbonyl (C=O) groups is 1. The van der Waals surface area contributed by atoms with Gasteiger partial charge in [-0.1, -0.05) is 6.07 Å². The average Bonchev–Trinajstić information content (AvgIpc) is 3.29. The number of amides is 1. The van der Waals surface area contributed by atoms with Gasteiger partial charge < -0.3 is 28.5 Å². The Morgan fingerprint density at radius 3 is 2.50 bits per heavy atom. The Hall–Kier alpha value is -3.72. The number of nitrogens with one attached hydrogen (secondary N) is 1. The number of methoxy groups -OCH3 is 3. The van der Waals surface area contributed by atoms with Crippen molar-refractivity contribution in [2.24, 2.45) is 0 Å². The monoisotopic (exact) mass is 467 g/mol. The maximum absolute atomic E-state index is 13.1. The molecule has 3 heterocycles. The van der Waals surface area contributed by atoms with Gasteiger partial charge in [0.25, 0.3) is 11.5 Å². The van der Waals surface area contributed by atoms with Crippen molar-refractivity contribution in [1.82, 2.24) is 14.8 Å². The Bertz CT molecular complexity index is 1200. The molecule has 0 fully saturated rings. The van der Waals surface area contributed by atoms with Crippen LogP contribution in [-0.4, -0.2) is 49.8 Å². The summed E-state index contributed by atoms with van der Waals surface area (Å²) in [5, 5.41) is 2.87. The van der Waals surface area contributed by atoms with Crippen LogP contribution < -0.4 is 25.1 Å². The number of fused-ring (bicyclic) bond motifs is 1. The summed E-state index contributed by atoms with van der Waals surface area (Å²) in [6.45, 7) is 2.75. The molecule has 0 atom stereocenters. The molecule has 1 aromatic carbocycles.